The second-order valence-corrected chi connectivity index (χ2v) is 8.50. The minimum absolute atomic E-state index is 0.0719. The molecule has 0 heterocycles. The van der Waals surface area contributed by atoms with E-state index in [0.29, 0.717) is 0 Å². The molecule has 0 spiro atoms. The molecule has 0 aliphatic heterocycles. The number of amides is 2. The quantitative estimate of drug-likeness (QED) is 0.508. The fraction of sp³-hybridized carbons (Fsp3) is 0.400. The van der Waals surface area contributed by atoms with Gasteiger partial charge in [0.15, 0.2) is 0 Å². The molecule has 33 heavy (non-hydrogen) atoms. The Morgan fingerprint density at radius 2 is 1.64 bits per heavy atom. The number of alkyl carbamates (subject to hydrolysis) is 1. The molecule has 2 aromatic carbocycles. The van der Waals surface area contributed by atoms with Crippen molar-refractivity contribution in [3.8, 4) is 11.1 Å². The summed E-state index contributed by atoms with van der Waals surface area (Å²) in [4.78, 5) is 36.3. The molecule has 176 valence electrons. The van der Waals surface area contributed by atoms with Crippen LogP contribution >= 0.6 is 0 Å². The largest absolute Gasteiger partial charge is 0.481 e. The third-order valence-corrected chi connectivity index (χ3v) is 5.94. The van der Waals surface area contributed by atoms with Gasteiger partial charge in [0, 0.05) is 19.6 Å². The topological polar surface area (TPSA) is 114 Å². The standard InChI is InChI=1S/C25H30N2O6/c1-16(22(28)29)12-13-26-23(30)25(2,15-32-3)27-24(31)33-14-21-19-10-6-4-8-17(19)18-9-5-7-11-20(18)21/h4-11,16,21H,12-15H2,1-3H3,(H,26,30)(H,27,31)(H,28,29). The Morgan fingerprint density at radius 3 is 2.18 bits per heavy atom. The summed E-state index contributed by atoms with van der Waals surface area (Å²) in [6.45, 7) is 3.32. The average Bonchev–Trinajstić information content (AvgIpc) is 3.11. The molecule has 3 rings (SSSR count). The van der Waals surface area contributed by atoms with Gasteiger partial charge in [-0.15, -0.1) is 0 Å². The fourth-order valence-electron chi connectivity index (χ4n) is 4.03. The predicted molar refractivity (Wildman–Crippen MR) is 123 cm³/mol. The molecule has 2 unspecified atom stereocenters. The Bertz CT molecular complexity index is 978. The molecule has 2 aromatic rings. The van der Waals surface area contributed by atoms with Gasteiger partial charge in [-0.3, -0.25) is 9.59 Å². The van der Waals surface area contributed by atoms with Crippen molar-refractivity contribution in [3.63, 3.8) is 0 Å². The monoisotopic (exact) mass is 454 g/mol. The van der Waals surface area contributed by atoms with Crippen molar-refractivity contribution in [2.45, 2.75) is 31.7 Å². The summed E-state index contributed by atoms with van der Waals surface area (Å²) >= 11 is 0. The van der Waals surface area contributed by atoms with Crippen molar-refractivity contribution in [2.24, 2.45) is 5.92 Å². The van der Waals surface area contributed by atoms with Crippen LogP contribution in [0.4, 0.5) is 4.79 Å². The van der Waals surface area contributed by atoms with Gasteiger partial charge in [0.1, 0.15) is 12.1 Å². The molecule has 8 heteroatoms. The molecular weight excluding hydrogens is 424 g/mol. The molecule has 2 atom stereocenters. The number of carbonyl (C=O) groups excluding carboxylic acids is 2. The Kier molecular flexibility index (Phi) is 7.71. The second kappa shape index (κ2) is 10.5. The van der Waals surface area contributed by atoms with Crippen LogP contribution in [0, 0.1) is 5.92 Å². The van der Waals surface area contributed by atoms with Crippen LogP contribution in [0.2, 0.25) is 0 Å². The lowest BCUT2D eigenvalue weighted by Gasteiger charge is -2.28. The van der Waals surface area contributed by atoms with Crippen molar-refractivity contribution in [1.29, 1.82) is 0 Å². The maximum Gasteiger partial charge on any atom is 0.408 e. The summed E-state index contributed by atoms with van der Waals surface area (Å²) in [5.74, 6) is -2.09. The number of hydrogen-bond donors (Lipinski definition) is 3. The average molecular weight is 455 g/mol. The third kappa shape index (κ3) is 5.51. The highest BCUT2D eigenvalue weighted by Gasteiger charge is 2.36. The molecule has 0 bridgehead atoms. The number of carbonyl (C=O) groups is 3. The summed E-state index contributed by atoms with van der Waals surface area (Å²) in [7, 11) is 1.43. The number of rotatable bonds is 10. The minimum atomic E-state index is -1.37. The lowest BCUT2D eigenvalue weighted by atomic mass is 9.98. The lowest BCUT2D eigenvalue weighted by Crippen LogP contribution is -2.59. The molecule has 8 nitrogen and oxygen atoms in total. The first-order chi connectivity index (χ1) is 15.8. The van der Waals surface area contributed by atoms with Crippen LogP contribution in [-0.4, -0.2) is 55.5 Å². The van der Waals surface area contributed by atoms with E-state index >= 15 is 0 Å². The zero-order valence-corrected chi connectivity index (χ0v) is 19.1. The molecular formula is C25H30N2O6. The van der Waals surface area contributed by atoms with Gasteiger partial charge < -0.3 is 25.2 Å². The Balaban J connectivity index is 1.62. The van der Waals surface area contributed by atoms with E-state index in [1.807, 2.05) is 36.4 Å². The van der Waals surface area contributed by atoms with Gasteiger partial charge in [0.2, 0.25) is 5.91 Å². The molecule has 0 saturated heterocycles. The second-order valence-electron chi connectivity index (χ2n) is 8.50. The van der Waals surface area contributed by atoms with Crippen molar-refractivity contribution in [1.82, 2.24) is 10.6 Å². The summed E-state index contributed by atoms with van der Waals surface area (Å²) in [6, 6.07) is 16.1. The van der Waals surface area contributed by atoms with Crippen LogP contribution in [0.5, 0.6) is 0 Å². The molecule has 0 aromatic heterocycles. The van der Waals surface area contributed by atoms with Crippen molar-refractivity contribution >= 4 is 18.0 Å². The van der Waals surface area contributed by atoms with Crippen LogP contribution in [0.15, 0.2) is 48.5 Å². The zero-order chi connectivity index (χ0) is 24.0. The van der Waals surface area contributed by atoms with Crippen molar-refractivity contribution < 1.29 is 29.0 Å². The predicted octanol–water partition coefficient (Wildman–Crippen LogP) is 3.16. The van der Waals surface area contributed by atoms with Crippen LogP contribution in [0.1, 0.15) is 37.3 Å². The maximum absolute atomic E-state index is 12.7. The molecule has 1 aliphatic rings. The molecule has 0 fully saturated rings. The number of methoxy groups -OCH3 is 1. The van der Waals surface area contributed by atoms with Crippen LogP contribution < -0.4 is 10.6 Å². The van der Waals surface area contributed by atoms with Gasteiger partial charge >= 0.3 is 12.1 Å². The molecule has 3 N–H and O–H groups in total. The number of ether oxygens (including phenoxy) is 2. The summed E-state index contributed by atoms with van der Waals surface area (Å²) in [5, 5.41) is 14.3. The number of carboxylic acid groups (broad SMARTS) is 1. The number of benzene rings is 2. The van der Waals surface area contributed by atoms with E-state index in [4.69, 9.17) is 14.6 Å². The van der Waals surface area contributed by atoms with E-state index in [2.05, 4.69) is 22.8 Å². The maximum atomic E-state index is 12.7. The normalized spacial score (nSPS) is 15.0. The van der Waals surface area contributed by atoms with E-state index in [0.717, 1.165) is 22.3 Å². The van der Waals surface area contributed by atoms with E-state index in [1.165, 1.54) is 14.0 Å². The SMILES string of the molecule is COCC(C)(NC(=O)OCC1c2ccccc2-c2ccccc21)C(=O)NCCC(C)C(=O)O. The highest BCUT2D eigenvalue weighted by molar-refractivity contribution is 5.89. The fourth-order valence-corrected chi connectivity index (χ4v) is 4.03. The van der Waals surface area contributed by atoms with Gasteiger partial charge in [-0.05, 0) is 35.6 Å². The van der Waals surface area contributed by atoms with Gasteiger partial charge in [-0.25, -0.2) is 4.79 Å². The van der Waals surface area contributed by atoms with Gasteiger partial charge in [0.25, 0.3) is 0 Å². The highest BCUT2D eigenvalue weighted by Crippen LogP contribution is 2.44. The number of nitrogens with one attached hydrogen (secondary N) is 2. The first-order valence-corrected chi connectivity index (χ1v) is 10.9. The van der Waals surface area contributed by atoms with Crippen LogP contribution in [0.3, 0.4) is 0 Å². The zero-order valence-electron chi connectivity index (χ0n) is 19.1. The van der Waals surface area contributed by atoms with Gasteiger partial charge in [-0.1, -0.05) is 55.5 Å². The van der Waals surface area contributed by atoms with E-state index in [9.17, 15) is 14.4 Å². The highest BCUT2D eigenvalue weighted by atomic mass is 16.5. The number of hydrogen-bond acceptors (Lipinski definition) is 5. The van der Waals surface area contributed by atoms with Gasteiger partial charge in [0.05, 0.1) is 12.5 Å². The van der Waals surface area contributed by atoms with Crippen LogP contribution in [-0.2, 0) is 19.1 Å². The van der Waals surface area contributed by atoms with E-state index in [1.54, 1.807) is 6.92 Å². The molecule has 0 saturated carbocycles. The Hall–Kier alpha value is -3.39. The first-order valence-electron chi connectivity index (χ1n) is 10.9. The summed E-state index contributed by atoms with van der Waals surface area (Å²) < 4.78 is 10.7. The van der Waals surface area contributed by atoms with Crippen LogP contribution in [0.25, 0.3) is 11.1 Å². The third-order valence-electron chi connectivity index (χ3n) is 5.94. The minimum Gasteiger partial charge on any atom is -0.481 e. The van der Waals surface area contributed by atoms with Gasteiger partial charge in [-0.2, -0.15) is 0 Å². The molecule has 0 radical (unpaired) electrons. The summed E-state index contributed by atoms with van der Waals surface area (Å²) in [5.41, 5.74) is 3.07. The Labute approximate surface area is 193 Å². The molecule has 1 aliphatic carbocycles. The van der Waals surface area contributed by atoms with E-state index < -0.39 is 29.4 Å². The smallest absolute Gasteiger partial charge is 0.408 e. The number of fused-ring (bicyclic) bond motifs is 3. The number of aliphatic carboxylic acids is 1. The lowest BCUT2D eigenvalue weighted by molar-refractivity contribution is -0.141. The first kappa shape index (κ1) is 24.3. The summed E-state index contributed by atoms with van der Waals surface area (Å²) in [6.07, 6.45) is -0.458. The molecule has 2 amide bonds. The van der Waals surface area contributed by atoms with Crippen molar-refractivity contribution in [2.75, 3.05) is 26.9 Å². The van der Waals surface area contributed by atoms with E-state index in [-0.39, 0.29) is 32.1 Å². The number of carboxylic acids is 1. The Morgan fingerprint density at radius 1 is 1.06 bits per heavy atom. The van der Waals surface area contributed by atoms with Crippen molar-refractivity contribution in [3.05, 3.63) is 59.7 Å².